The van der Waals surface area contributed by atoms with Crippen molar-refractivity contribution in [3.05, 3.63) is 54.1 Å². The zero-order valence-electron chi connectivity index (χ0n) is 14.7. The first-order valence-corrected chi connectivity index (χ1v) is 8.31. The van der Waals surface area contributed by atoms with Gasteiger partial charge in [0.2, 0.25) is 0 Å². The van der Waals surface area contributed by atoms with Gasteiger partial charge in [-0.25, -0.2) is 0 Å². The van der Waals surface area contributed by atoms with E-state index in [1.165, 1.54) is 16.3 Å². The second-order valence-electron chi connectivity index (χ2n) is 7.45. The van der Waals surface area contributed by atoms with Gasteiger partial charge in [0.05, 0.1) is 11.2 Å². The number of hydrogen-bond acceptors (Lipinski definition) is 2. The van der Waals surface area contributed by atoms with E-state index >= 15 is 0 Å². The molecule has 1 heterocycles. The van der Waals surface area contributed by atoms with E-state index in [1.54, 1.807) is 0 Å². The number of allylic oxidation sites excluding steroid dienone is 1. The molecule has 3 rings (SSSR count). The summed E-state index contributed by atoms with van der Waals surface area (Å²) >= 11 is 0. The topological polar surface area (TPSA) is 18.5 Å². The second kappa shape index (κ2) is 5.81. The van der Waals surface area contributed by atoms with Crippen LogP contribution in [-0.4, -0.2) is 18.3 Å². The Bertz CT molecular complexity index is 717. The number of rotatable bonds is 3. The molecule has 0 amide bonds. The van der Waals surface area contributed by atoms with E-state index in [1.807, 2.05) is 0 Å². The monoisotopic (exact) mass is 308 g/mol. The third kappa shape index (κ3) is 3.22. The first-order chi connectivity index (χ1) is 10.8. The predicted molar refractivity (Wildman–Crippen MR) is 98.5 cm³/mol. The molecule has 2 nitrogen and oxygen atoms in total. The molecular weight excluding hydrogens is 283 g/mol. The van der Waals surface area contributed by atoms with Crippen LogP contribution in [0.25, 0.3) is 16.8 Å². The lowest BCUT2D eigenvalue weighted by molar-refractivity contribution is 0.00578. The quantitative estimate of drug-likeness (QED) is 0.713. The van der Waals surface area contributed by atoms with Crippen LogP contribution < -0.4 is 0 Å². The fourth-order valence-corrected chi connectivity index (χ4v) is 2.77. The number of fused-ring (bicyclic) bond motifs is 1. The SMILES string of the molecule is CC(/C=C\c1ccc2ccccc2c1)B1OC(C)(C)C(C)(C)O1. The summed E-state index contributed by atoms with van der Waals surface area (Å²) in [6.07, 6.45) is 4.33. The molecule has 0 radical (unpaired) electrons. The van der Waals surface area contributed by atoms with E-state index in [-0.39, 0.29) is 24.1 Å². The van der Waals surface area contributed by atoms with Crippen molar-refractivity contribution in [3.63, 3.8) is 0 Å². The molecule has 120 valence electrons. The van der Waals surface area contributed by atoms with E-state index in [0.717, 1.165) is 0 Å². The standard InChI is InChI=1S/C20H25BO2/c1-15(21-22-19(2,3)20(4,5)23-21)10-11-16-12-13-17-8-6-7-9-18(17)14-16/h6-15H,1-5H3/b11-10-. The summed E-state index contributed by atoms with van der Waals surface area (Å²) in [4.78, 5) is 0. The first-order valence-electron chi connectivity index (χ1n) is 8.31. The molecule has 1 saturated heterocycles. The molecule has 23 heavy (non-hydrogen) atoms. The Morgan fingerprint density at radius 1 is 0.913 bits per heavy atom. The van der Waals surface area contributed by atoms with Crippen LogP contribution in [0.15, 0.2) is 48.5 Å². The maximum Gasteiger partial charge on any atom is 0.464 e. The number of benzene rings is 2. The van der Waals surface area contributed by atoms with Crippen molar-refractivity contribution in [2.45, 2.75) is 51.6 Å². The van der Waals surface area contributed by atoms with Crippen LogP contribution in [-0.2, 0) is 9.31 Å². The molecule has 1 aliphatic heterocycles. The predicted octanol–water partition coefficient (Wildman–Crippen LogP) is 5.34. The second-order valence-corrected chi connectivity index (χ2v) is 7.45. The molecule has 0 aromatic heterocycles. The highest BCUT2D eigenvalue weighted by Gasteiger charge is 2.52. The van der Waals surface area contributed by atoms with Gasteiger partial charge in [0.25, 0.3) is 0 Å². The average molecular weight is 308 g/mol. The minimum absolute atomic E-state index is 0.197. The van der Waals surface area contributed by atoms with Gasteiger partial charge in [0, 0.05) is 5.82 Å². The van der Waals surface area contributed by atoms with E-state index in [4.69, 9.17) is 9.31 Å². The lowest BCUT2D eigenvalue weighted by Crippen LogP contribution is -2.41. The number of hydrogen-bond donors (Lipinski definition) is 0. The van der Waals surface area contributed by atoms with Gasteiger partial charge in [-0.3, -0.25) is 0 Å². The molecule has 1 unspecified atom stereocenters. The van der Waals surface area contributed by atoms with Crippen LogP contribution in [0.2, 0.25) is 5.82 Å². The van der Waals surface area contributed by atoms with Crippen molar-refractivity contribution in [2.24, 2.45) is 0 Å². The van der Waals surface area contributed by atoms with Gasteiger partial charge >= 0.3 is 7.12 Å². The van der Waals surface area contributed by atoms with Crippen molar-refractivity contribution < 1.29 is 9.31 Å². The van der Waals surface area contributed by atoms with Crippen LogP contribution in [0.1, 0.15) is 40.2 Å². The van der Waals surface area contributed by atoms with Crippen molar-refractivity contribution in [1.29, 1.82) is 0 Å². The van der Waals surface area contributed by atoms with Crippen LogP contribution in [0, 0.1) is 0 Å². The molecule has 0 saturated carbocycles. The largest absolute Gasteiger partial charge is 0.464 e. The fourth-order valence-electron chi connectivity index (χ4n) is 2.77. The lowest BCUT2D eigenvalue weighted by Gasteiger charge is -2.32. The highest BCUT2D eigenvalue weighted by molar-refractivity contribution is 6.48. The lowest BCUT2D eigenvalue weighted by atomic mass is 9.73. The van der Waals surface area contributed by atoms with Crippen molar-refractivity contribution in [3.8, 4) is 0 Å². The summed E-state index contributed by atoms with van der Waals surface area (Å²) in [7, 11) is -0.197. The third-order valence-corrected chi connectivity index (χ3v) is 5.07. The van der Waals surface area contributed by atoms with Gasteiger partial charge in [0.15, 0.2) is 0 Å². The normalized spacial score (nSPS) is 21.2. The Hall–Kier alpha value is -1.58. The third-order valence-electron chi connectivity index (χ3n) is 5.07. The first kappa shape index (κ1) is 16.3. The molecule has 1 atom stereocenters. The molecule has 0 N–H and O–H groups in total. The Morgan fingerprint density at radius 2 is 1.52 bits per heavy atom. The zero-order valence-corrected chi connectivity index (χ0v) is 14.7. The maximum absolute atomic E-state index is 6.11. The van der Waals surface area contributed by atoms with Crippen molar-refractivity contribution >= 4 is 24.0 Å². The summed E-state index contributed by atoms with van der Waals surface area (Å²) in [6.45, 7) is 10.5. The summed E-state index contributed by atoms with van der Waals surface area (Å²) in [5, 5.41) is 2.53. The molecule has 3 heteroatoms. The zero-order chi connectivity index (χ0) is 16.7. The molecule has 1 aliphatic rings. The molecule has 2 aromatic rings. The minimum Gasteiger partial charge on any atom is -0.403 e. The van der Waals surface area contributed by atoms with E-state index in [0.29, 0.717) is 0 Å². The smallest absolute Gasteiger partial charge is 0.403 e. The summed E-state index contributed by atoms with van der Waals surface area (Å²) in [5.74, 6) is 0.197. The van der Waals surface area contributed by atoms with Gasteiger partial charge in [-0.2, -0.15) is 0 Å². The molecule has 0 spiro atoms. The van der Waals surface area contributed by atoms with Crippen LogP contribution in [0.4, 0.5) is 0 Å². The van der Waals surface area contributed by atoms with Crippen LogP contribution in [0.5, 0.6) is 0 Å². The Morgan fingerprint density at radius 3 is 2.17 bits per heavy atom. The van der Waals surface area contributed by atoms with Crippen LogP contribution in [0.3, 0.4) is 0 Å². The van der Waals surface area contributed by atoms with Gasteiger partial charge in [0.1, 0.15) is 0 Å². The molecule has 0 aliphatic carbocycles. The molecule has 2 aromatic carbocycles. The van der Waals surface area contributed by atoms with E-state index in [9.17, 15) is 0 Å². The van der Waals surface area contributed by atoms with E-state index < -0.39 is 0 Å². The summed E-state index contributed by atoms with van der Waals surface area (Å²) in [5.41, 5.74) is 0.651. The van der Waals surface area contributed by atoms with Crippen molar-refractivity contribution in [2.75, 3.05) is 0 Å². The Labute approximate surface area is 139 Å². The minimum atomic E-state index is -0.275. The van der Waals surface area contributed by atoms with Crippen LogP contribution >= 0.6 is 0 Å². The molecule has 1 fully saturated rings. The van der Waals surface area contributed by atoms with Gasteiger partial charge < -0.3 is 9.31 Å². The Balaban J connectivity index is 1.74. The molecule has 0 bridgehead atoms. The summed E-state index contributed by atoms with van der Waals surface area (Å²) in [6, 6.07) is 14.9. The van der Waals surface area contributed by atoms with Gasteiger partial charge in [-0.05, 0) is 50.1 Å². The van der Waals surface area contributed by atoms with E-state index in [2.05, 4.69) is 89.2 Å². The van der Waals surface area contributed by atoms with Gasteiger partial charge in [-0.1, -0.05) is 55.5 Å². The van der Waals surface area contributed by atoms with Crippen molar-refractivity contribution in [1.82, 2.24) is 0 Å². The van der Waals surface area contributed by atoms with Gasteiger partial charge in [-0.15, -0.1) is 0 Å². The highest BCUT2D eigenvalue weighted by Crippen LogP contribution is 2.40. The summed E-state index contributed by atoms with van der Waals surface area (Å²) < 4.78 is 12.2. The average Bonchev–Trinajstić information content (AvgIpc) is 2.73. The fraction of sp³-hybridized carbons (Fsp3) is 0.400. The molecular formula is C20H25BO2. The Kier molecular flexibility index (Phi) is 4.11. The maximum atomic E-state index is 6.11. The highest BCUT2D eigenvalue weighted by atomic mass is 16.7.